The van der Waals surface area contributed by atoms with E-state index in [1.807, 2.05) is 37.3 Å². The first-order chi connectivity index (χ1) is 14.3. The third-order valence-electron chi connectivity index (χ3n) is 4.57. The van der Waals surface area contributed by atoms with Gasteiger partial charge in [-0.2, -0.15) is 0 Å². The van der Waals surface area contributed by atoms with E-state index in [0.717, 1.165) is 16.5 Å². The van der Waals surface area contributed by atoms with Gasteiger partial charge in [0.1, 0.15) is 11.3 Å². The van der Waals surface area contributed by atoms with Crippen molar-refractivity contribution in [3.63, 3.8) is 0 Å². The molecule has 0 saturated carbocycles. The van der Waals surface area contributed by atoms with Crippen molar-refractivity contribution >= 4 is 22.8 Å². The molecular weight excluding hydrogens is 386 g/mol. The van der Waals surface area contributed by atoms with Crippen molar-refractivity contribution in [2.75, 3.05) is 13.7 Å². The van der Waals surface area contributed by atoms with Crippen LogP contribution < -0.4 is 10.4 Å². The molecule has 0 bridgehead atoms. The molecule has 1 amide bonds. The second kappa shape index (κ2) is 9.26. The van der Waals surface area contributed by atoms with Gasteiger partial charge in [-0.15, -0.1) is 0 Å². The van der Waals surface area contributed by atoms with Crippen molar-refractivity contribution < 1.29 is 23.5 Å². The zero-order chi connectivity index (χ0) is 21.7. The summed E-state index contributed by atoms with van der Waals surface area (Å²) in [5, 5.41) is 0.783. The Morgan fingerprint density at radius 3 is 2.57 bits per heavy atom. The van der Waals surface area contributed by atoms with E-state index in [1.165, 1.54) is 17.9 Å². The van der Waals surface area contributed by atoms with Crippen LogP contribution in [0.5, 0.6) is 5.75 Å². The van der Waals surface area contributed by atoms with E-state index in [1.54, 1.807) is 25.2 Å². The molecular formula is C23H23NO6. The molecule has 0 unspecified atom stereocenters. The second-order valence-corrected chi connectivity index (χ2v) is 7.01. The van der Waals surface area contributed by atoms with Crippen LogP contribution in [0.2, 0.25) is 0 Å². The number of fused-ring (bicyclic) bond motifs is 1. The van der Waals surface area contributed by atoms with E-state index in [9.17, 15) is 14.4 Å². The number of ether oxygens (including phenoxy) is 2. The number of carbonyl (C=O) groups excluding carboxylic acids is 2. The quantitative estimate of drug-likeness (QED) is 0.440. The van der Waals surface area contributed by atoms with E-state index in [-0.39, 0.29) is 12.5 Å². The van der Waals surface area contributed by atoms with Gasteiger partial charge in [-0.05, 0) is 37.1 Å². The number of amides is 1. The molecule has 1 aromatic heterocycles. The number of hydrogen-bond acceptors (Lipinski definition) is 6. The fraction of sp³-hybridized carbons (Fsp3) is 0.261. The van der Waals surface area contributed by atoms with Crippen molar-refractivity contribution in [1.82, 2.24) is 4.90 Å². The van der Waals surface area contributed by atoms with Crippen LogP contribution in [-0.4, -0.2) is 36.5 Å². The molecule has 0 N–H and O–H groups in total. The predicted molar refractivity (Wildman–Crippen MR) is 111 cm³/mol. The summed E-state index contributed by atoms with van der Waals surface area (Å²) in [7, 11) is 1.65. The number of rotatable bonds is 7. The smallest absolute Gasteiger partial charge is 0.344 e. The molecule has 0 radical (unpaired) electrons. The average Bonchev–Trinajstić information content (AvgIpc) is 2.72. The fourth-order valence-corrected chi connectivity index (χ4v) is 3.06. The lowest BCUT2D eigenvalue weighted by molar-refractivity contribution is -0.160. The summed E-state index contributed by atoms with van der Waals surface area (Å²) >= 11 is 0. The Hall–Kier alpha value is -3.61. The Morgan fingerprint density at radius 1 is 1.10 bits per heavy atom. The monoisotopic (exact) mass is 409 g/mol. The van der Waals surface area contributed by atoms with Gasteiger partial charge in [0.2, 0.25) is 0 Å². The predicted octanol–water partition coefficient (Wildman–Crippen LogP) is 3.07. The molecule has 1 heterocycles. The Bertz CT molecular complexity index is 1110. The van der Waals surface area contributed by atoms with Crippen LogP contribution >= 0.6 is 0 Å². The van der Waals surface area contributed by atoms with Crippen LogP contribution in [-0.2, 0) is 20.9 Å². The Kier molecular flexibility index (Phi) is 6.51. The molecule has 30 heavy (non-hydrogen) atoms. The summed E-state index contributed by atoms with van der Waals surface area (Å²) in [5.74, 6) is -0.627. The van der Waals surface area contributed by atoms with Crippen LogP contribution in [0.3, 0.4) is 0 Å². The number of nitrogens with zero attached hydrogens (tertiary/aromatic N) is 1. The Morgan fingerprint density at radius 2 is 1.83 bits per heavy atom. The van der Waals surface area contributed by atoms with Crippen LogP contribution in [0.1, 0.15) is 18.1 Å². The maximum Gasteiger partial charge on any atom is 0.344 e. The highest BCUT2D eigenvalue weighted by Crippen LogP contribution is 2.22. The molecule has 0 aliphatic carbocycles. The number of benzene rings is 2. The Labute approximate surface area is 173 Å². The third-order valence-corrected chi connectivity index (χ3v) is 4.57. The van der Waals surface area contributed by atoms with Gasteiger partial charge in [0.15, 0.2) is 12.7 Å². The first-order valence-electron chi connectivity index (χ1n) is 9.49. The van der Waals surface area contributed by atoms with Gasteiger partial charge in [0.25, 0.3) is 5.91 Å². The zero-order valence-corrected chi connectivity index (χ0v) is 17.1. The average molecular weight is 409 g/mol. The van der Waals surface area contributed by atoms with Gasteiger partial charge in [-0.1, -0.05) is 30.3 Å². The van der Waals surface area contributed by atoms with Gasteiger partial charge in [0.05, 0.1) is 0 Å². The molecule has 3 aromatic rings. The lowest BCUT2D eigenvalue weighted by Gasteiger charge is -2.21. The minimum absolute atomic E-state index is 0.310. The largest absolute Gasteiger partial charge is 0.482 e. The molecule has 7 nitrogen and oxygen atoms in total. The van der Waals surface area contributed by atoms with E-state index in [4.69, 9.17) is 13.9 Å². The molecule has 0 aliphatic rings. The fourth-order valence-electron chi connectivity index (χ4n) is 3.06. The first kappa shape index (κ1) is 21.1. The third kappa shape index (κ3) is 5.26. The molecule has 0 aliphatic heterocycles. The molecule has 3 rings (SSSR count). The second-order valence-electron chi connectivity index (χ2n) is 7.01. The van der Waals surface area contributed by atoms with E-state index >= 15 is 0 Å². The molecule has 0 fully saturated rings. The van der Waals surface area contributed by atoms with Gasteiger partial charge in [-0.3, -0.25) is 4.79 Å². The summed E-state index contributed by atoms with van der Waals surface area (Å²) < 4.78 is 15.8. The molecule has 2 aromatic carbocycles. The normalized spacial score (nSPS) is 11.7. The number of likely N-dealkylation sites (N-methyl/N-ethyl adjacent to an activating group) is 1. The summed E-state index contributed by atoms with van der Waals surface area (Å²) in [6.07, 6.45) is -0.938. The Balaban J connectivity index is 1.54. The number of hydrogen-bond donors (Lipinski definition) is 0. The van der Waals surface area contributed by atoms with Crippen LogP contribution in [0, 0.1) is 6.92 Å². The number of esters is 1. The van der Waals surface area contributed by atoms with Gasteiger partial charge >= 0.3 is 11.6 Å². The van der Waals surface area contributed by atoms with E-state index in [2.05, 4.69) is 0 Å². The molecule has 156 valence electrons. The highest BCUT2D eigenvalue weighted by atomic mass is 16.6. The highest BCUT2D eigenvalue weighted by molar-refractivity contribution is 5.84. The lowest BCUT2D eigenvalue weighted by atomic mass is 10.1. The maximum atomic E-state index is 12.4. The van der Waals surface area contributed by atoms with Crippen LogP contribution in [0.15, 0.2) is 63.8 Å². The van der Waals surface area contributed by atoms with E-state index in [0.29, 0.717) is 17.9 Å². The first-order valence-corrected chi connectivity index (χ1v) is 9.49. The van der Waals surface area contributed by atoms with Crippen molar-refractivity contribution in [2.24, 2.45) is 0 Å². The minimum atomic E-state index is -0.938. The standard InChI is InChI=1S/C23H23NO6/c1-15-11-21(25)30-20-12-18(9-10-19(15)20)28-14-22(26)29-16(2)23(27)24(3)13-17-7-5-4-6-8-17/h4-12,16H,13-14H2,1-3H3/t16-/m0/s1. The highest BCUT2D eigenvalue weighted by Gasteiger charge is 2.22. The topological polar surface area (TPSA) is 86.0 Å². The number of aryl methyl sites for hydroxylation is 1. The summed E-state index contributed by atoms with van der Waals surface area (Å²) in [5.41, 5.74) is 1.69. The maximum absolute atomic E-state index is 12.4. The molecule has 0 spiro atoms. The molecule has 7 heteroatoms. The summed E-state index contributed by atoms with van der Waals surface area (Å²) in [4.78, 5) is 37.5. The number of carbonyl (C=O) groups is 2. The zero-order valence-electron chi connectivity index (χ0n) is 17.1. The van der Waals surface area contributed by atoms with Crippen LogP contribution in [0.25, 0.3) is 11.0 Å². The van der Waals surface area contributed by atoms with Crippen molar-refractivity contribution in [2.45, 2.75) is 26.5 Å². The minimum Gasteiger partial charge on any atom is -0.482 e. The van der Waals surface area contributed by atoms with Crippen molar-refractivity contribution in [3.05, 3.63) is 76.1 Å². The molecule has 0 saturated heterocycles. The van der Waals surface area contributed by atoms with Gasteiger partial charge in [0, 0.05) is 31.1 Å². The lowest BCUT2D eigenvalue weighted by Crippen LogP contribution is -2.37. The summed E-state index contributed by atoms with van der Waals surface area (Å²) in [6.45, 7) is 3.38. The van der Waals surface area contributed by atoms with Gasteiger partial charge in [-0.25, -0.2) is 9.59 Å². The van der Waals surface area contributed by atoms with Gasteiger partial charge < -0.3 is 18.8 Å². The van der Waals surface area contributed by atoms with Crippen molar-refractivity contribution in [1.29, 1.82) is 0 Å². The molecule has 1 atom stereocenters. The van der Waals surface area contributed by atoms with Crippen LogP contribution in [0.4, 0.5) is 0 Å². The summed E-state index contributed by atoms with van der Waals surface area (Å²) in [6, 6.07) is 15.9. The van der Waals surface area contributed by atoms with Crippen molar-refractivity contribution in [3.8, 4) is 5.75 Å². The van der Waals surface area contributed by atoms with E-state index < -0.39 is 17.7 Å². The SMILES string of the molecule is Cc1cc(=O)oc2cc(OCC(=O)O[C@@H](C)C(=O)N(C)Cc3ccccc3)ccc12.